The number of piperazine rings is 1. The molecule has 10 heteroatoms. The van der Waals surface area contributed by atoms with Crippen LogP contribution in [0.2, 0.25) is 0 Å². The van der Waals surface area contributed by atoms with Gasteiger partial charge in [-0.25, -0.2) is 0 Å². The van der Waals surface area contributed by atoms with Crippen LogP contribution in [-0.2, 0) is 12.4 Å². The number of hydrogen-bond acceptors (Lipinski definition) is 2. The fraction of sp³-hybridized carbons (Fsp3) is 0.647. The number of alkyl halides is 6. The van der Waals surface area contributed by atoms with E-state index in [0.29, 0.717) is 26.2 Å². The highest BCUT2D eigenvalue weighted by Crippen LogP contribution is 2.45. The van der Waals surface area contributed by atoms with E-state index in [0.717, 1.165) is 12.1 Å². The molecule has 2 rings (SSSR count). The second kappa shape index (κ2) is 9.20. The Kier molecular flexibility index (Phi) is 8.96. The lowest BCUT2D eigenvalue weighted by Gasteiger charge is -2.43. The summed E-state index contributed by atoms with van der Waals surface area (Å²) in [5.74, 6) is 0. The number of rotatable bonds is 2. The molecule has 27 heavy (non-hydrogen) atoms. The van der Waals surface area contributed by atoms with Crippen molar-refractivity contribution < 1.29 is 26.3 Å². The SMILES string of the molecule is CC(C)(C)[C@@H](c1ccc(C(F)(F)F)cc1C(F)(F)F)N1CCNCC1.Cl.Cl. The summed E-state index contributed by atoms with van der Waals surface area (Å²) < 4.78 is 79.3. The molecule has 0 spiro atoms. The maximum Gasteiger partial charge on any atom is 0.416 e. The predicted molar refractivity (Wildman–Crippen MR) is 97.6 cm³/mol. The summed E-state index contributed by atoms with van der Waals surface area (Å²) in [4.78, 5) is 1.91. The number of benzene rings is 1. The van der Waals surface area contributed by atoms with Crippen LogP contribution in [0.25, 0.3) is 0 Å². The van der Waals surface area contributed by atoms with Crippen molar-refractivity contribution in [1.29, 1.82) is 0 Å². The zero-order valence-corrected chi connectivity index (χ0v) is 16.8. The van der Waals surface area contributed by atoms with Gasteiger partial charge in [0.05, 0.1) is 11.1 Å². The average molecular weight is 441 g/mol. The fourth-order valence-corrected chi connectivity index (χ4v) is 3.37. The molecule has 0 unspecified atom stereocenters. The van der Waals surface area contributed by atoms with Gasteiger partial charge in [-0.05, 0) is 23.1 Å². The maximum absolute atomic E-state index is 13.5. The first-order valence-electron chi connectivity index (χ1n) is 8.05. The molecular weight excluding hydrogens is 417 g/mol. The van der Waals surface area contributed by atoms with Crippen molar-refractivity contribution in [3.8, 4) is 0 Å². The summed E-state index contributed by atoms with van der Waals surface area (Å²) in [5.41, 5.74) is -3.16. The van der Waals surface area contributed by atoms with Crippen LogP contribution in [0, 0.1) is 5.41 Å². The van der Waals surface area contributed by atoms with Gasteiger partial charge in [0.1, 0.15) is 0 Å². The van der Waals surface area contributed by atoms with E-state index >= 15 is 0 Å². The molecule has 0 aliphatic carbocycles. The van der Waals surface area contributed by atoms with Crippen molar-refractivity contribution in [3.05, 3.63) is 34.9 Å². The molecule has 0 amide bonds. The lowest BCUT2D eigenvalue weighted by Crippen LogP contribution is -2.48. The van der Waals surface area contributed by atoms with Gasteiger partial charge in [-0.3, -0.25) is 4.90 Å². The fourth-order valence-electron chi connectivity index (χ4n) is 3.37. The third kappa shape index (κ3) is 6.41. The molecule has 1 atom stereocenters. The molecule has 1 aromatic carbocycles. The van der Waals surface area contributed by atoms with Crippen LogP contribution in [0.3, 0.4) is 0 Å². The average Bonchev–Trinajstić information content (AvgIpc) is 2.45. The van der Waals surface area contributed by atoms with Gasteiger partial charge in [-0.15, -0.1) is 24.8 Å². The molecule has 1 heterocycles. The van der Waals surface area contributed by atoms with Crippen molar-refractivity contribution in [1.82, 2.24) is 10.2 Å². The molecule has 1 aliphatic heterocycles. The Bertz CT molecular complexity index is 605. The largest absolute Gasteiger partial charge is 0.416 e. The van der Waals surface area contributed by atoms with Crippen LogP contribution in [-0.4, -0.2) is 31.1 Å². The van der Waals surface area contributed by atoms with Crippen LogP contribution < -0.4 is 5.32 Å². The van der Waals surface area contributed by atoms with E-state index in [1.54, 1.807) is 20.8 Å². The van der Waals surface area contributed by atoms with Crippen LogP contribution >= 0.6 is 24.8 Å². The van der Waals surface area contributed by atoms with Crippen molar-refractivity contribution in [2.24, 2.45) is 5.41 Å². The Morgan fingerprint density at radius 2 is 1.41 bits per heavy atom. The van der Waals surface area contributed by atoms with Crippen LogP contribution in [0.4, 0.5) is 26.3 Å². The number of nitrogens with zero attached hydrogens (tertiary/aromatic N) is 1. The van der Waals surface area contributed by atoms with Crippen LogP contribution in [0.15, 0.2) is 18.2 Å². The molecule has 0 bridgehead atoms. The van der Waals surface area contributed by atoms with E-state index in [4.69, 9.17) is 0 Å². The molecule has 1 fully saturated rings. The summed E-state index contributed by atoms with van der Waals surface area (Å²) in [5, 5.41) is 3.13. The van der Waals surface area contributed by atoms with E-state index in [2.05, 4.69) is 5.32 Å². The van der Waals surface area contributed by atoms with E-state index in [9.17, 15) is 26.3 Å². The van der Waals surface area contributed by atoms with Crippen LogP contribution in [0.5, 0.6) is 0 Å². The summed E-state index contributed by atoms with van der Waals surface area (Å²) >= 11 is 0. The van der Waals surface area contributed by atoms with Gasteiger partial charge >= 0.3 is 12.4 Å². The Hall–Kier alpha value is -0.700. The summed E-state index contributed by atoms with van der Waals surface area (Å²) in [6.45, 7) is 7.76. The molecular formula is C17H24Cl2F6N2. The molecule has 0 saturated carbocycles. The highest BCUT2D eigenvalue weighted by atomic mass is 35.5. The maximum atomic E-state index is 13.5. The Morgan fingerprint density at radius 1 is 0.889 bits per heavy atom. The third-order valence-corrected chi connectivity index (χ3v) is 4.32. The first-order valence-corrected chi connectivity index (χ1v) is 8.05. The zero-order chi connectivity index (χ0) is 19.0. The predicted octanol–water partition coefficient (Wildman–Crippen LogP) is 5.56. The monoisotopic (exact) mass is 440 g/mol. The lowest BCUT2D eigenvalue weighted by molar-refractivity contribution is -0.144. The molecule has 1 N–H and O–H groups in total. The smallest absolute Gasteiger partial charge is 0.314 e. The van der Waals surface area contributed by atoms with Gasteiger partial charge < -0.3 is 5.32 Å². The highest BCUT2D eigenvalue weighted by molar-refractivity contribution is 5.85. The molecule has 2 nitrogen and oxygen atoms in total. The van der Waals surface area contributed by atoms with Crippen molar-refractivity contribution in [2.45, 2.75) is 39.2 Å². The number of halogens is 8. The molecule has 1 aliphatic rings. The van der Waals surface area contributed by atoms with E-state index in [1.807, 2.05) is 4.90 Å². The minimum atomic E-state index is -4.85. The summed E-state index contributed by atoms with van der Waals surface area (Å²) in [6, 6.07) is 1.33. The Labute approximate surface area is 167 Å². The van der Waals surface area contributed by atoms with E-state index in [1.165, 1.54) is 0 Å². The molecule has 0 radical (unpaired) electrons. The molecule has 0 aromatic heterocycles. The van der Waals surface area contributed by atoms with Gasteiger partial charge in [0.2, 0.25) is 0 Å². The second-order valence-corrected chi connectivity index (χ2v) is 7.35. The second-order valence-electron chi connectivity index (χ2n) is 7.35. The molecule has 1 aromatic rings. The minimum Gasteiger partial charge on any atom is -0.314 e. The standard InChI is InChI=1S/C17H22F6N2.2ClH/c1-15(2,3)14(25-8-6-24-7-9-25)12-5-4-11(16(18,19)20)10-13(12)17(21,22)23;;/h4-5,10,14,24H,6-9H2,1-3H3;2*1H/t14-;;/m1../s1. The number of hydrogen-bond donors (Lipinski definition) is 1. The van der Waals surface area contributed by atoms with Crippen molar-refractivity contribution in [2.75, 3.05) is 26.2 Å². The molecule has 1 saturated heterocycles. The normalized spacial score (nSPS) is 17.7. The van der Waals surface area contributed by atoms with E-state index in [-0.39, 0.29) is 36.4 Å². The quantitative estimate of drug-likeness (QED) is 0.605. The van der Waals surface area contributed by atoms with Gasteiger partial charge in [-0.1, -0.05) is 26.8 Å². The first-order chi connectivity index (χ1) is 11.3. The van der Waals surface area contributed by atoms with Gasteiger partial charge in [-0.2, -0.15) is 26.3 Å². The minimum absolute atomic E-state index is 0. The van der Waals surface area contributed by atoms with Gasteiger partial charge in [0, 0.05) is 32.2 Å². The highest BCUT2D eigenvalue weighted by Gasteiger charge is 2.43. The van der Waals surface area contributed by atoms with Crippen molar-refractivity contribution in [3.63, 3.8) is 0 Å². The van der Waals surface area contributed by atoms with Crippen molar-refractivity contribution >= 4 is 24.8 Å². The Morgan fingerprint density at radius 3 is 1.81 bits per heavy atom. The van der Waals surface area contributed by atoms with E-state index < -0.39 is 34.9 Å². The summed E-state index contributed by atoms with van der Waals surface area (Å²) in [7, 11) is 0. The third-order valence-electron chi connectivity index (χ3n) is 4.32. The van der Waals surface area contributed by atoms with Gasteiger partial charge in [0.25, 0.3) is 0 Å². The number of nitrogens with one attached hydrogen (secondary N) is 1. The topological polar surface area (TPSA) is 15.3 Å². The zero-order valence-electron chi connectivity index (χ0n) is 15.2. The lowest BCUT2D eigenvalue weighted by atomic mass is 9.79. The first kappa shape index (κ1) is 26.3. The Balaban J connectivity index is 0.00000338. The van der Waals surface area contributed by atoms with Gasteiger partial charge in [0.15, 0.2) is 0 Å². The summed E-state index contributed by atoms with van der Waals surface area (Å²) in [6.07, 6.45) is -9.67. The van der Waals surface area contributed by atoms with Crippen LogP contribution in [0.1, 0.15) is 43.5 Å². The molecule has 158 valence electrons.